The van der Waals surface area contributed by atoms with Gasteiger partial charge in [-0.25, -0.2) is 4.39 Å². The molecule has 0 unspecified atom stereocenters. The quantitative estimate of drug-likeness (QED) is 0.257. The molecule has 4 nitrogen and oxygen atoms in total. The molecule has 4 aromatic carbocycles. The number of ether oxygens (including phenoxy) is 2. The van der Waals surface area contributed by atoms with E-state index < -0.39 is 0 Å². The first-order valence-corrected chi connectivity index (χ1v) is 12.0. The fourth-order valence-corrected chi connectivity index (χ4v) is 4.44. The maximum absolute atomic E-state index is 16.0. The Morgan fingerprint density at radius 3 is 2.17 bits per heavy atom. The molecule has 36 heavy (non-hydrogen) atoms. The molecular weight excluding hydrogens is 453 g/mol. The highest BCUT2D eigenvalue weighted by Crippen LogP contribution is 2.36. The van der Waals surface area contributed by atoms with Crippen molar-refractivity contribution < 1.29 is 19.0 Å². The molecule has 182 valence electrons. The minimum Gasteiger partial charge on any atom is -0.497 e. The predicted octanol–water partition coefficient (Wildman–Crippen LogP) is 6.62. The van der Waals surface area contributed by atoms with Crippen molar-refractivity contribution in [3.63, 3.8) is 0 Å². The average molecular weight is 482 g/mol. The zero-order valence-corrected chi connectivity index (χ0v) is 20.2. The molecule has 0 aliphatic rings. The maximum atomic E-state index is 16.0. The molecule has 5 rings (SSSR count). The number of aromatic nitrogens is 1. The summed E-state index contributed by atoms with van der Waals surface area (Å²) >= 11 is 0. The van der Waals surface area contributed by atoms with Crippen LogP contribution in [-0.2, 0) is 19.6 Å². The molecule has 0 saturated carbocycles. The Labute approximate surface area is 210 Å². The summed E-state index contributed by atoms with van der Waals surface area (Å²) in [5.41, 5.74) is 5.26. The van der Waals surface area contributed by atoms with Crippen molar-refractivity contribution >= 4 is 10.9 Å². The van der Waals surface area contributed by atoms with Crippen molar-refractivity contribution in [3.05, 3.63) is 120 Å². The smallest absolute Gasteiger partial charge is 0.156 e. The highest BCUT2D eigenvalue weighted by atomic mass is 19.1. The number of fused-ring (bicyclic) bond motifs is 1. The molecule has 0 spiro atoms. The molecule has 0 radical (unpaired) electrons. The first-order chi connectivity index (χ1) is 17.7. The number of halogens is 1. The second kappa shape index (κ2) is 10.7. The number of aliphatic hydroxyl groups is 1. The molecular formula is C31H28FNO3. The van der Waals surface area contributed by atoms with Gasteiger partial charge >= 0.3 is 0 Å². The Morgan fingerprint density at radius 2 is 1.47 bits per heavy atom. The number of rotatable bonds is 9. The minimum absolute atomic E-state index is 0.114. The van der Waals surface area contributed by atoms with Crippen LogP contribution in [0.2, 0.25) is 0 Å². The SMILES string of the molecule is COc1ccc(-c2c(F)c3cc(OCc4ccccc4)ccc3n2Cc2ccc(CCO)cc2)cc1. The number of hydrogen-bond acceptors (Lipinski definition) is 3. The van der Waals surface area contributed by atoms with Crippen molar-refractivity contribution in [1.82, 2.24) is 4.57 Å². The second-order valence-electron chi connectivity index (χ2n) is 8.72. The lowest BCUT2D eigenvalue weighted by Crippen LogP contribution is -2.03. The fraction of sp³-hybridized carbons (Fsp3) is 0.161. The predicted molar refractivity (Wildman–Crippen MR) is 141 cm³/mol. The van der Waals surface area contributed by atoms with Crippen LogP contribution in [0.5, 0.6) is 11.5 Å². The van der Waals surface area contributed by atoms with Gasteiger partial charge in [0.1, 0.15) is 18.1 Å². The number of aliphatic hydroxyl groups excluding tert-OH is 1. The summed E-state index contributed by atoms with van der Waals surface area (Å²) in [5.74, 6) is 1.06. The largest absolute Gasteiger partial charge is 0.497 e. The van der Waals surface area contributed by atoms with E-state index in [9.17, 15) is 5.11 Å². The van der Waals surface area contributed by atoms with Crippen LogP contribution in [0.3, 0.4) is 0 Å². The van der Waals surface area contributed by atoms with Crippen LogP contribution in [0.15, 0.2) is 97.1 Å². The molecule has 1 heterocycles. The van der Waals surface area contributed by atoms with E-state index in [1.165, 1.54) is 0 Å². The summed E-state index contributed by atoms with van der Waals surface area (Å²) in [4.78, 5) is 0. The maximum Gasteiger partial charge on any atom is 0.156 e. The zero-order valence-electron chi connectivity index (χ0n) is 20.2. The summed E-state index contributed by atoms with van der Waals surface area (Å²) in [7, 11) is 1.62. The Morgan fingerprint density at radius 1 is 0.778 bits per heavy atom. The lowest BCUT2D eigenvalue weighted by atomic mass is 10.1. The number of nitrogens with zero attached hydrogens (tertiary/aromatic N) is 1. The monoisotopic (exact) mass is 481 g/mol. The van der Waals surface area contributed by atoms with Crippen molar-refractivity contribution in [2.24, 2.45) is 0 Å². The molecule has 5 heteroatoms. The van der Waals surface area contributed by atoms with Crippen LogP contribution in [0.4, 0.5) is 4.39 Å². The van der Waals surface area contributed by atoms with Gasteiger partial charge in [-0.05, 0) is 65.6 Å². The van der Waals surface area contributed by atoms with Gasteiger partial charge in [0.15, 0.2) is 5.82 Å². The van der Waals surface area contributed by atoms with Gasteiger partial charge in [0.2, 0.25) is 0 Å². The molecule has 1 aromatic heterocycles. The summed E-state index contributed by atoms with van der Waals surface area (Å²) in [6, 6.07) is 31.0. The number of methoxy groups -OCH3 is 1. The van der Waals surface area contributed by atoms with Crippen LogP contribution in [0.25, 0.3) is 22.2 Å². The van der Waals surface area contributed by atoms with Crippen LogP contribution >= 0.6 is 0 Å². The van der Waals surface area contributed by atoms with Crippen molar-refractivity contribution in [1.29, 1.82) is 0 Å². The van der Waals surface area contributed by atoms with E-state index in [0.29, 0.717) is 36.4 Å². The van der Waals surface area contributed by atoms with Crippen molar-refractivity contribution in [2.45, 2.75) is 19.6 Å². The molecule has 0 saturated heterocycles. The molecule has 0 aliphatic heterocycles. The van der Waals surface area contributed by atoms with Crippen LogP contribution < -0.4 is 9.47 Å². The summed E-state index contributed by atoms with van der Waals surface area (Å²) in [6.07, 6.45) is 0.615. The second-order valence-corrected chi connectivity index (χ2v) is 8.72. The third-order valence-electron chi connectivity index (χ3n) is 6.35. The van der Waals surface area contributed by atoms with E-state index in [4.69, 9.17) is 9.47 Å². The fourth-order valence-electron chi connectivity index (χ4n) is 4.44. The van der Waals surface area contributed by atoms with E-state index in [-0.39, 0.29) is 12.4 Å². The summed E-state index contributed by atoms with van der Waals surface area (Å²) in [6.45, 7) is 1.04. The first kappa shape index (κ1) is 23.6. The van der Waals surface area contributed by atoms with Gasteiger partial charge in [0.25, 0.3) is 0 Å². The lowest BCUT2D eigenvalue weighted by Gasteiger charge is -2.13. The standard InChI is InChI=1S/C31H28FNO3/c1-35-26-13-11-25(12-14-26)31-30(32)28-19-27(36-21-24-5-3-2-4-6-24)15-16-29(28)33(31)20-23-9-7-22(8-10-23)17-18-34/h2-16,19,34H,17-18,20-21H2,1H3. The average Bonchev–Trinajstić information content (AvgIpc) is 3.20. The molecule has 5 aromatic rings. The number of benzene rings is 4. The highest BCUT2D eigenvalue weighted by Gasteiger charge is 2.20. The van der Waals surface area contributed by atoms with Crippen LogP contribution in [0, 0.1) is 5.82 Å². The van der Waals surface area contributed by atoms with Gasteiger partial charge in [-0.1, -0.05) is 54.6 Å². The Bertz CT molecular complexity index is 1440. The Kier molecular flexibility index (Phi) is 7.01. The molecule has 0 aliphatic carbocycles. The summed E-state index contributed by atoms with van der Waals surface area (Å²) < 4.78 is 29.3. The van der Waals surface area contributed by atoms with Gasteiger partial charge < -0.3 is 19.1 Å². The van der Waals surface area contributed by atoms with E-state index >= 15 is 4.39 Å². The molecule has 0 fully saturated rings. The van der Waals surface area contributed by atoms with Crippen molar-refractivity contribution in [2.75, 3.05) is 13.7 Å². The van der Waals surface area contributed by atoms with E-state index in [1.54, 1.807) is 13.2 Å². The van der Waals surface area contributed by atoms with Crippen LogP contribution in [-0.4, -0.2) is 23.4 Å². The number of hydrogen-bond donors (Lipinski definition) is 1. The van der Waals surface area contributed by atoms with E-state index in [0.717, 1.165) is 33.5 Å². The van der Waals surface area contributed by atoms with Gasteiger partial charge in [0.05, 0.1) is 18.3 Å². The summed E-state index contributed by atoms with van der Waals surface area (Å²) in [5, 5.41) is 9.72. The first-order valence-electron chi connectivity index (χ1n) is 12.0. The van der Waals surface area contributed by atoms with Crippen LogP contribution in [0.1, 0.15) is 16.7 Å². The lowest BCUT2D eigenvalue weighted by molar-refractivity contribution is 0.299. The van der Waals surface area contributed by atoms with Gasteiger partial charge in [-0.15, -0.1) is 0 Å². The van der Waals surface area contributed by atoms with Crippen molar-refractivity contribution in [3.8, 4) is 22.8 Å². The molecule has 0 atom stereocenters. The van der Waals surface area contributed by atoms with E-state index in [1.807, 2.05) is 95.6 Å². The highest BCUT2D eigenvalue weighted by molar-refractivity contribution is 5.89. The van der Waals surface area contributed by atoms with E-state index in [2.05, 4.69) is 0 Å². The van der Waals surface area contributed by atoms with Gasteiger partial charge in [-0.2, -0.15) is 0 Å². The van der Waals surface area contributed by atoms with Gasteiger partial charge in [0, 0.05) is 24.1 Å². The normalized spacial score (nSPS) is 11.1. The molecule has 0 bridgehead atoms. The molecule has 1 N–H and O–H groups in total. The third-order valence-corrected chi connectivity index (χ3v) is 6.35. The zero-order chi connectivity index (χ0) is 24.9. The third kappa shape index (κ3) is 4.97. The minimum atomic E-state index is -0.280. The molecule has 0 amide bonds. The Balaban J connectivity index is 1.54. The van der Waals surface area contributed by atoms with Gasteiger partial charge in [-0.3, -0.25) is 0 Å². The Hall–Kier alpha value is -4.09. The topological polar surface area (TPSA) is 43.6 Å².